The minimum absolute atomic E-state index is 0.0436. The van der Waals surface area contributed by atoms with Crippen LogP contribution in [-0.4, -0.2) is 44.6 Å². The standard InChI is InChI=1S/C13H21N3O4S/c1-9(8-21(3,18)19)15-7-10-4-5-12(20-2)11(6-10)13(14)16-17/h4-6,9,15,17H,7-8H2,1-3H3,(H2,14,16). The highest BCUT2D eigenvalue weighted by Gasteiger charge is 2.12. The first kappa shape index (κ1) is 17.3. The maximum Gasteiger partial charge on any atom is 0.173 e. The summed E-state index contributed by atoms with van der Waals surface area (Å²) >= 11 is 0. The van der Waals surface area contributed by atoms with E-state index in [1.165, 1.54) is 13.4 Å². The molecular formula is C13H21N3O4S. The highest BCUT2D eigenvalue weighted by atomic mass is 32.2. The molecule has 1 aromatic rings. The van der Waals surface area contributed by atoms with Crippen LogP contribution in [0.1, 0.15) is 18.1 Å². The van der Waals surface area contributed by atoms with Crippen LogP contribution in [0.2, 0.25) is 0 Å². The van der Waals surface area contributed by atoms with E-state index in [0.717, 1.165) is 5.56 Å². The number of benzene rings is 1. The molecule has 0 amide bonds. The number of ether oxygens (including phenoxy) is 1. The van der Waals surface area contributed by atoms with Crippen molar-refractivity contribution >= 4 is 15.7 Å². The van der Waals surface area contributed by atoms with E-state index in [9.17, 15) is 8.42 Å². The highest BCUT2D eigenvalue weighted by Crippen LogP contribution is 2.19. The molecule has 1 aromatic carbocycles. The van der Waals surface area contributed by atoms with Crippen LogP contribution in [0, 0.1) is 0 Å². The van der Waals surface area contributed by atoms with Crippen LogP contribution >= 0.6 is 0 Å². The van der Waals surface area contributed by atoms with E-state index in [0.29, 0.717) is 17.9 Å². The quantitative estimate of drug-likeness (QED) is 0.289. The van der Waals surface area contributed by atoms with Gasteiger partial charge in [-0.15, -0.1) is 0 Å². The predicted molar refractivity (Wildman–Crippen MR) is 81.5 cm³/mol. The zero-order valence-corrected chi connectivity index (χ0v) is 13.1. The first-order chi connectivity index (χ1) is 9.76. The molecule has 0 aliphatic carbocycles. The lowest BCUT2D eigenvalue weighted by Gasteiger charge is -2.14. The topological polar surface area (TPSA) is 114 Å². The summed E-state index contributed by atoms with van der Waals surface area (Å²) < 4.78 is 27.5. The number of sulfone groups is 1. The Balaban J connectivity index is 2.81. The summed E-state index contributed by atoms with van der Waals surface area (Å²) in [5, 5.41) is 14.9. The molecule has 1 rings (SSSR count). The van der Waals surface area contributed by atoms with Gasteiger partial charge >= 0.3 is 0 Å². The van der Waals surface area contributed by atoms with Crippen LogP contribution in [0.5, 0.6) is 5.75 Å². The van der Waals surface area contributed by atoms with Crippen LogP contribution in [0.4, 0.5) is 0 Å². The van der Waals surface area contributed by atoms with E-state index >= 15 is 0 Å². The lowest BCUT2D eigenvalue weighted by molar-refractivity contribution is 0.318. The van der Waals surface area contributed by atoms with Crippen molar-refractivity contribution in [3.8, 4) is 5.75 Å². The van der Waals surface area contributed by atoms with Gasteiger partial charge in [-0.3, -0.25) is 0 Å². The molecule has 0 bridgehead atoms. The van der Waals surface area contributed by atoms with Crippen molar-refractivity contribution < 1.29 is 18.4 Å². The average molecular weight is 315 g/mol. The lowest BCUT2D eigenvalue weighted by atomic mass is 10.1. The fraction of sp³-hybridized carbons (Fsp3) is 0.462. The van der Waals surface area contributed by atoms with Crippen molar-refractivity contribution in [2.24, 2.45) is 10.9 Å². The molecule has 0 saturated carbocycles. The summed E-state index contributed by atoms with van der Waals surface area (Å²) in [5.74, 6) is 0.520. The first-order valence-corrected chi connectivity index (χ1v) is 8.38. The molecule has 0 spiro atoms. The van der Waals surface area contributed by atoms with Gasteiger partial charge < -0.3 is 21.0 Å². The van der Waals surface area contributed by atoms with Gasteiger partial charge in [0.1, 0.15) is 15.6 Å². The SMILES string of the molecule is COc1ccc(CNC(C)CS(C)(=O)=O)cc1C(N)=NO. The van der Waals surface area contributed by atoms with Crippen LogP contribution < -0.4 is 15.8 Å². The van der Waals surface area contributed by atoms with Gasteiger partial charge in [0.2, 0.25) is 0 Å². The lowest BCUT2D eigenvalue weighted by Crippen LogP contribution is -2.32. The number of nitrogens with zero attached hydrogens (tertiary/aromatic N) is 1. The second-order valence-electron chi connectivity index (χ2n) is 4.89. The van der Waals surface area contributed by atoms with E-state index < -0.39 is 9.84 Å². The molecule has 0 radical (unpaired) electrons. The molecule has 8 heteroatoms. The maximum absolute atomic E-state index is 11.2. The normalized spacial score (nSPS) is 14.0. The Hall–Kier alpha value is -1.80. The molecule has 1 unspecified atom stereocenters. The third kappa shape index (κ3) is 5.60. The van der Waals surface area contributed by atoms with Gasteiger partial charge in [-0.2, -0.15) is 0 Å². The average Bonchev–Trinajstić information content (AvgIpc) is 2.42. The minimum atomic E-state index is -3.02. The molecule has 0 fully saturated rings. The van der Waals surface area contributed by atoms with Gasteiger partial charge in [0, 0.05) is 18.8 Å². The molecule has 0 aromatic heterocycles. The van der Waals surface area contributed by atoms with Crippen molar-refractivity contribution in [1.82, 2.24) is 5.32 Å². The maximum atomic E-state index is 11.2. The Morgan fingerprint density at radius 2 is 2.19 bits per heavy atom. The van der Waals surface area contributed by atoms with E-state index in [4.69, 9.17) is 15.7 Å². The Morgan fingerprint density at radius 1 is 1.52 bits per heavy atom. The summed E-state index contributed by atoms with van der Waals surface area (Å²) in [6.45, 7) is 2.27. The van der Waals surface area contributed by atoms with Crippen molar-refractivity contribution in [3.63, 3.8) is 0 Å². The molecule has 0 aliphatic rings. The summed E-state index contributed by atoms with van der Waals surface area (Å²) in [6.07, 6.45) is 1.20. The number of nitrogens with two attached hydrogens (primary N) is 1. The Labute approximate surface area is 124 Å². The van der Waals surface area contributed by atoms with Gasteiger partial charge in [0.25, 0.3) is 0 Å². The third-order valence-corrected chi connectivity index (χ3v) is 3.96. The number of oxime groups is 1. The molecule has 4 N–H and O–H groups in total. The number of nitrogens with one attached hydrogen (secondary N) is 1. The zero-order chi connectivity index (χ0) is 16.0. The van der Waals surface area contributed by atoms with Gasteiger partial charge in [-0.1, -0.05) is 11.2 Å². The van der Waals surface area contributed by atoms with Crippen LogP contribution in [-0.2, 0) is 16.4 Å². The van der Waals surface area contributed by atoms with Gasteiger partial charge in [-0.25, -0.2) is 8.42 Å². The largest absolute Gasteiger partial charge is 0.496 e. The number of methoxy groups -OCH3 is 1. The van der Waals surface area contributed by atoms with Crippen molar-refractivity contribution in [1.29, 1.82) is 0 Å². The molecule has 7 nitrogen and oxygen atoms in total. The third-order valence-electron chi connectivity index (χ3n) is 2.85. The Bertz CT molecular complexity index is 614. The van der Waals surface area contributed by atoms with Crippen LogP contribution in [0.25, 0.3) is 0 Å². The van der Waals surface area contributed by atoms with E-state index in [1.54, 1.807) is 19.1 Å². The molecule has 118 valence electrons. The summed E-state index contributed by atoms with van der Waals surface area (Å²) in [5.41, 5.74) is 6.95. The van der Waals surface area contributed by atoms with Gasteiger partial charge in [0.05, 0.1) is 18.4 Å². The number of amidine groups is 1. The van der Waals surface area contributed by atoms with E-state index in [-0.39, 0.29) is 17.6 Å². The highest BCUT2D eigenvalue weighted by molar-refractivity contribution is 7.90. The van der Waals surface area contributed by atoms with Crippen LogP contribution in [0.15, 0.2) is 23.4 Å². The number of hydrogen-bond donors (Lipinski definition) is 3. The predicted octanol–water partition coefficient (Wildman–Crippen LogP) is 0.312. The van der Waals surface area contributed by atoms with Gasteiger partial charge in [-0.05, 0) is 24.6 Å². The number of hydrogen-bond acceptors (Lipinski definition) is 6. The smallest absolute Gasteiger partial charge is 0.173 e. The fourth-order valence-electron chi connectivity index (χ4n) is 1.92. The summed E-state index contributed by atoms with van der Waals surface area (Å²) in [4.78, 5) is 0. The van der Waals surface area contributed by atoms with Crippen LogP contribution in [0.3, 0.4) is 0 Å². The molecule has 21 heavy (non-hydrogen) atoms. The zero-order valence-electron chi connectivity index (χ0n) is 12.3. The Morgan fingerprint density at radius 3 is 2.71 bits per heavy atom. The summed E-state index contributed by atoms with van der Waals surface area (Å²) in [7, 11) is -1.52. The van der Waals surface area contributed by atoms with Crippen molar-refractivity contribution in [2.75, 3.05) is 19.1 Å². The monoisotopic (exact) mass is 315 g/mol. The molecule has 0 aliphatic heterocycles. The van der Waals surface area contributed by atoms with Crippen molar-refractivity contribution in [2.45, 2.75) is 19.5 Å². The molecule has 0 heterocycles. The molecular weight excluding hydrogens is 294 g/mol. The molecule has 1 atom stereocenters. The van der Waals surface area contributed by atoms with E-state index in [1.807, 2.05) is 6.07 Å². The summed E-state index contributed by atoms with van der Waals surface area (Å²) in [6, 6.07) is 5.10. The van der Waals surface area contributed by atoms with Crippen molar-refractivity contribution in [3.05, 3.63) is 29.3 Å². The first-order valence-electron chi connectivity index (χ1n) is 6.32. The number of rotatable bonds is 7. The Kier molecular flexibility index (Phi) is 5.98. The second-order valence-corrected chi connectivity index (χ2v) is 7.08. The van der Waals surface area contributed by atoms with E-state index in [2.05, 4.69) is 10.5 Å². The fourth-order valence-corrected chi connectivity index (χ4v) is 2.95. The van der Waals surface area contributed by atoms with Gasteiger partial charge in [0.15, 0.2) is 5.84 Å². The molecule has 0 saturated heterocycles. The minimum Gasteiger partial charge on any atom is -0.496 e. The second kappa shape index (κ2) is 7.28.